The van der Waals surface area contributed by atoms with Crippen LogP contribution in [0.2, 0.25) is 0 Å². The van der Waals surface area contributed by atoms with Crippen LogP contribution in [0.5, 0.6) is 5.75 Å². The van der Waals surface area contributed by atoms with Crippen molar-refractivity contribution < 1.29 is 90.1 Å². The molecule has 0 aliphatic carbocycles. The third kappa shape index (κ3) is 41.5. The van der Waals surface area contributed by atoms with E-state index in [1.165, 1.54) is 19.1 Å². The maximum atomic E-state index is 14.6. The summed E-state index contributed by atoms with van der Waals surface area (Å²) in [6, 6.07) is 2.60. The average Bonchev–Trinajstić information content (AvgIpc) is 3.39. The molecule has 0 radical (unpaired) electrons. The van der Waals surface area contributed by atoms with E-state index in [0.29, 0.717) is 92.2 Å². The van der Waals surface area contributed by atoms with E-state index in [-0.39, 0.29) is 103 Å². The minimum Gasteiger partial charge on any atom is -0.423 e. The Labute approximate surface area is 442 Å². The number of carbonyl (C=O) groups excluding carboxylic acids is 7. The zero-order valence-electron chi connectivity index (χ0n) is 43.8. The fourth-order valence-electron chi connectivity index (χ4n) is 5.67. The topological polar surface area (TPSA) is 367 Å². The summed E-state index contributed by atoms with van der Waals surface area (Å²) in [7, 11) is 1.87. The first kappa shape index (κ1) is 68.3. The predicted octanol–water partition coefficient (Wildman–Crippen LogP) is -3.53. The molecule has 0 unspecified atom stereocenters. The van der Waals surface area contributed by atoms with Crippen molar-refractivity contribution in [3.63, 3.8) is 0 Å². The van der Waals surface area contributed by atoms with E-state index >= 15 is 0 Å². The molecule has 6 amide bonds. The van der Waals surface area contributed by atoms with Gasteiger partial charge in [-0.1, -0.05) is 0 Å². The largest absolute Gasteiger partial charge is 0.423 e. The number of halogens is 1. The van der Waals surface area contributed by atoms with E-state index in [0.717, 1.165) is 12.6 Å². The van der Waals surface area contributed by atoms with Gasteiger partial charge in [-0.05, 0) is 38.1 Å². The molecule has 434 valence electrons. The van der Waals surface area contributed by atoms with Gasteiger partial charge in [-0.25, -0.2) is 4.39 Å². The fourth-order valence-corrected chi connectivity index (χ4v) is 5.67. The fraction of sp³-hybridized carbons (Fsp3) is 0.702. The van der Waals surface area contributed by atoms with Crippen molar-refractivity contribution in [3.05, 3.63) is 29.6 Å². The van der Waals surface area contributed by atoms with Crippen LogP contribution in [0.15, 0.2) is 18.2 Å². The number of rotatable bonds is 50. The Morgan fingerprint density at radius 3 is 1.41 bits per heavy atom. The lowest BCUT2D eigenvalue weighted by atomic mass is 10.1. The molecule has 11 N–H and O–H groups in total. The van der Waals surface area contributed by atoms with Gasteiger partial charge in [-0.15, -0.1) is 0 Å². The Morgan fingerprint density at radius 2 is 0.961 bits per heavy atom. The van der Waals surface area contributed by atoms with E-state index in [4.69, 9.17) is 63.2 Å². The van der Waals surface area contributed by atoms with Crippen molar-refractivity contribution in [2.45, 2.75) is 32.2 Å². The summed E-state index contributed by atoms with van der Waals surface area (Å²) in [4.78, 5) is 84.7. The summed E-state index contributed by atoms with van der Waals surface area (Å²) in [6.45, 7) is 8.41. The summed E-state index contributed by atoms with van der Waals surface area (Å²) in [5.74, 6) is -5.47. The van der Waals surface area contributed by atoms with Crippen molar-refractivity contribution in [3.8, 4) is 5.75 Å². The second kappa shape index (κ2) is 47.7. The number of nitrogens with one attached hydrogen (secondary N) is 9. The normalized spacial score (nSPS) is 11.3. The summed E-state index contributed by atoms with van der Waals surface area (Å²) >= 11 is 0. The molecule has 0 saturated carbocycles. The van der Waals surface area contributed by atoms with E-state index < -0.39 is 66.4 Å². The highest BCUT2D eigenvalue weighted by molar-refractivity contribution is 5.94. The lowest BCUT2D eigenvalue weighted by Gasteiger charge is -2.17. The predicted molar refractivity (Wildman–Crippen MR) is 270 cm³/mol. The van der Waals surface area contributed by atoms with Gasteiger partial charge in [0.1, 0.15) is 6.04 Å². The van der Waals surface area contributed by atoms with Crippen molar-refractivity contribution >= 4 is 47.4 Å². The van der Waals surface area contributed by atoms with Crippen molar-refractivity contribution in [2.75, 3.05) is 185 Å². The quantitative estimate of drug-likeness (QED) is 0.00994. The molecule has 1 atom stereocenters. The Hall–Kier alpha value is -5.73. The summed E-state index contributed by atoms with van der Waals surface area (Å²) in [6.07, 6.45) is 0.523. The van der Waals surface area contributed by atoms with Crippen molar-refractivity contribution in [1.82, 2.24) is 42.5 Å². The molecule has 0 aliphatic heterocycles. The van der Waals surface area contributed by atoms with Crippen LogP contribution in [0.25, 0.3) is 0 Å². The van der Waals surface area contributed by atoms with Crippen LogP contribution in [-0.2, 0) is 76.1 Å². The molecule has 29 heteroatoms. The number of amides is 6. The van der Waals surface area contributed by atoms with Crippen LogP contribution in [0, 0.1) is 11.2 Å². The van der Waals surface area contributed by atoms with Crippen molar-refractivity contribution in [2.24, 2.45) is 5.73 Å². The number of hydrogen-bond donors (Lipinski definition) is 10. The highest BCUT2D eigenvalue weighted by Crippen LogP contribution is 2.19. The van der Waals surface area contributed by atoms with Crippen LogP contribution in [0.4, 0.5) is 4.39 Å². The smallest absolute Gasteiger partial charge is 0.313 e. The van der Waals surface area contributed by atoms with Gasteiger partial charge in [-0.2, -0.15) is 0 Å². The summed E-state index contributed by atoms with van der Waals surface area (Å²) in [5, 5.41) is 27.5. The number of nitrogens with two attached hydrogens (primary N) is 1. The highest BCUT2D eigenvalue weighted by atomic mass is 19.1. The van der Waals surface area contributed by atoms with E-state index in [2.05, 4.69) is 42.5 Å². The Morgan fingerprint density at radius 1 is 0.539 bits per heavy atom. The SMILES string of the molecule is CNCCOCCOCCOCCOCCOCCOCCC(=O)Oc1ccc(C(=O)NCCOCCOCCOCCOCCNC(=O)CNC(=O)CNC(=O)CNC(=O)[C@H](CCCNC(=N)N)NC(C)=O)cc1F. The highest BCUT2D eigenvalue weighted by Gasteiger charge is 2.20. The molecule has 76 heavy (non-hydrogen) atoms. The van der Waals surface area contributed by atoms with Gasteiger partial charge >= 0.3 is 5.97 Å². The number of hydrogen-bond acceptors (Lipinski definition) is 20. The number of likely N-dealkylation sites (N-methyl/N-ethyl adjacent to an activating group) is 1. The second-order valence-corrected chi connectivity index (χ2v) is 15.7. The molecule has 0 aromatic heterocycles. The monoisotopic (exact) mass is 1090 g/mol. The molecule has 0 aliphatic rings. The molecule has 28 nitrogen and oxygen atoms in total. The number of guanidine groups is 1. The number of ether oxygens (including phenoxy) is 11. The zero-order valence-corrected chi connectivity index (χ0v) is 43.8. The minimum atomic E-state index is -0.912. The standard InChI is InChI=1S/C47H81FN10O18/c1-36(59)58-39(4-3-8-54-47(49)50)46(65)57-35-43(62)56-34-42(61)55-33-41(60)52-10-14-68-18-22-72-25-26-73-23-19-69-15-11-53-45(64)37-5-6-40(38(48)32-37)76-44(63)7-12-66-16-20-70-24-28-74-30-31-75-29-27-71-21-17-67-13-9-51-2/h5-6,32,39,51H,3-4,7-31,33-35H2,1-2H3,(H,52,60)(H,53,64)(H,55,61)(H,56,62)(H,57,65)(H,58,59)(H4,49,50,54)/t39-/m0/s1. The Balaban J connectivity index is 1.96. The third-order valence-corrected chi connectivity index (χ3v) is 9.44. The van der Waals surface area contributed by atoms with Crippen LogP contribution < -0.4 is 53.0 Å². The van der Waals surface area contributed by atoms with Gasteiger partial charge in [-0.3, -0.25) is 39.0 Å². The molecule has 0 bridgehead atoms. The second-order valence-electron chi connectivity index (χ2n) is 15.7. The molecular formula is C47H81FN10O18. The summed E-state index contributed by atoms with van der Waals surface area (Å²) in [5.41, 5.74) is 5.25. The lowest BCUT2D eigenvalue weighted by molar-refractivity contribution is -0.136. The first-order valence-corrected chi connectivity index (χ1v) is 25.0. The van der Waals surface area contributed by atoms with E-state index in [1.54, 1.807) is 0 Å². The Kier molecular flexibility index (Phi) is 42.9. The molecule has 1 aromatic carbocycles. The molecule has 0 heterocycles. The molecule has 0 spiro atoms. The lowest BCUT2D eigenvalue weighted by Crippen LogP contribution is -2.49. The number of carbonyl (C=O) groups is 7. The van der Waals surface area contributed by atoms with Crippen LogP contribution >= 0.6 is 0 Å². The number of esters is 1. The maximum Gasteiger partial charge on any atom is 0.313 e. The van der Waals surface area contributed by atoms with Gasteiger partial charge in [0.2, 0.25) is 29.5 Å². The third-order valence-electron chi connectivity index (χ3n) is 9.44. The maximum absolute atomic E-state index is 14.6. The van der Waals surface area contributed by atoms with Gasteiger partial charge < -0.3 is 100 Å². The molecular weight excluding hydrogens is 1010 g/mol. The van der Waals surface area contributed by atoms with Gasteiger partial charge in [0.25, 0.3) is 5.91 Å². The first-order chi connectivity index (χ1) is 36.8. The zero-order chi connectivity index (χ0) is 55.7. The first-order valence-electron chi connectivity index (χ1n) is 25.0. The van der Waals surface area contributed by atoms with Crippen LogP contribution in [0.3, 0.4) is 0 Å². The van der Waals surface area contributed by atoms with Gasteiger partial charge in [0.05, 0.1) is 158 Å². The molecule has 1 rings (SSSR count). The molecule has 0 fully saturated rings. The van der Waals surface area contributed by atoms with Gasteiger partial charge in [0, 0.05) is 38.7 Å². The van der Waals surface area contributed by atoms with Gasteiger partial charge in [0.15, 0.2) is 17.5 Å². The van der Waals surface area contributed by atoms with Crippen LogP contribution in [-0.4, -0.2) is 238 Å². The Bertz CT molecular complexity index is 1790. The number of benzene rings is 1. The molecule has 0 saturated heterocycles. The minimum absolute atomic E-state index is 0.0360. The summed E-state index contributed by atoms with van der Waals surface area (Å²) < 4.78 is 73.8. The van der Waals surface area contributed by atoms with E-state index in [9.17, 15) is 38.0 Å². The molecule has 1 aromatic rings. The van der Waals surface area contributed by atoms with E-state index in [1.807, 2.05) is 7.05 Å². The average molecular weight is 1090 g/mol. The van der Waals surface area contributed by atoms with Crippen LogP contribution in [0.1, 0.15) is 36.5 Å². The van der Waals surface area contributed by atoms with Crippen molar-refractivity contribution in [1.29, 1.82) is 5.41 Å².